The first-order valence-corrected chi connectivity index (χ1v) is 21.1. The van der Waals surface area contributed by atoms with Gasteiger partial charge in [-0.05, 0) is 74.0 Å². The highest BCUT2D eigenvalue weighted by molar-refractivity contribution is 6.28. The Morgan fingerprint density at radius 2 is 1.11 bits per heavy atom. The monoisotopic (exact) mass is 792 g/mol. The number of nitrogens with zero attached hydrogens (tertiary/aromatic N) is 3. The van der Waals surface area contributed by atoms with Gasteiger partial charge in [0, 0.05) is 38.2 Å². The highest BCUT2D eigenvalue weighted by atomic mass is 16.3. The fraction of sp³-hybridized carbons (Fsp3) is 0.0175. The molecule has 5 nitrogen and oxygen atoms in total. The van der Waals surface area contributed by atoms with Crippen molar-refractivity contribution in [2.75, 3.05) is 0 Å². The molecule has 13 rings (SSSR count). The number of rotatable bonds is 5. The highest BCUT2D eigenvalue weighted by Crippen LogP contribution is 2.43. The SMILES string of the molecule is c1ccc(C2=NC(c3c4ccccc4cc4c3oc3ccc(-n5c6ccc7ccccc7c6c6ccc7ccccc7c65)cc34)=NC(c3ccc(-c4ccccc4)cc3)N2)cc1. The topological polar surface area (TPSA) is 54.8 Å². The van der Waals surface area contributed by atoms with Crippen molar-refractivity contribution in [1.82, 2.24) is 9.88 Å². The van der Waals surface area contributed by atoms with Crippen LogP contribution in [-0.4, -0.2) is 16.2 Å². The van der Waals surface area contributed by atoms with E-state index in [1.807, 2.05) is 24.3 Å². The van der Waals surface area contributed by atoms with E-state index in [2.05, 4.69) is 192 Å². The molecule has 0 spiro atoms. The number of nitrogens with one attached hydrogen (secondary N) is 1. The van der Waals surface area contributed by atoms with Gasteiger partial charge in [-0.2, -0.15) is 0 Å². The zero-order chi connectivity index (χ0) is 40.7. The van der Waals surface area contributed by atoms with E-state index < -0.39 is 0 Å². The van der Waals surface area contributed by atoms with Crippen LogP contribution in [0.1, 0.15) is 22.9 Å². The third-order valence-electron chi connectivity index (χ3n) is 12.6. The molecule has 0 bridgehead atoms. The van der Waals surface area contributed by atoms with Gasteiger partial charge in [-0.15, -0.1) is 0 Å². The lowest BCUT2D eigenvalue weighted by Crippen LogP contribution is -2.33. The normalized spacial score (nSPS) is 14.3. The lowest BCUT2D eigenvalue weighted by Gasteiger charge is -2.24. The zero-order valence-corrected chi connectivity index (χ0v) is 33.5. The molecule has 1 aliphatic rings. The molecular formula is C57H36N4O. The van der Waals surface area contributed by atoms with Gasteiger partial charge in [-0.25, -0.2) is 9.98 Å². The van der Waals surface area contributed by atoms with Crippen molar-refractivity contribution in [1.29, 1.82) is 0 Å². The smallest absolute Gasteiger partial charge is 0.163 e. The van der Waals surface area contributed by atoms with Crippen LogP contribution in [0.25, 0.3) is 92.9 Å². The third-order valence-corrected chi connectivity index (χ3v) is 12.6. The molecule has 10 aromatic carbocycles. The lowest BCUT2D eigenvalue weighted by molar-refractivity contribution is 0.664. The molecule has 0 saturated carbocycles. The summed E-state index contributed by atoms with van der Waals surface area (Å²) in [6.45, 7) is 0. The number of fused-ring (bicyclic) bond motifs is 11. The largest absolute Gasteiger partial charge is 0.455 e. The number of furan rings is 1. The summed E-state index contributed by atoms with van der Waals surface area (Å²) in [6.07, 6.45) is -0.381. The van der Waals surface area contributed by atoms with Crippen molar-refractivity contribution in [3.63, 3.8) is 0 Å². The van der Waals surface area contributed by atoms with E-state index in [0.29, 0.717) is 5.84 Å². The molecule has 1 atom stereocenters. The summed E-state index contributed by atoms with van der Waals surface area (Å²) in [5.74, 6) is 1.39. The van der Waals surface area contributed by atoms with E-state index in [1.54, 1.807) is 0 Å². The molecule has 0 radical (unpaired) electrons. The minimum Gasteiger partial charge on any atom is -0.455 e. The predicted octanol–water partition coefficient (Wildman–Crippen LogP) is 14.3. The van der Waals surface area contributed by atoms with Gasteiger partial charge < -0.3 is 14.3 Å². The zero-order valence-electron chi connectivity index (χ0n) is 33.5. The van der Waals surface area contributed by atoms with Gasteiger partial charge in [0.2, 0.25) is 0 Å². The van der Waals surface area contributed by atoms with Crippen molar-refractivity contribution in [3.05, 3.63) is 223 Å². The Bertz CT molecular complexity index is 3820. The van der Waals surface area contributed by atoms with Gasteiger partial charge in [0.25, 0.3) is 0 Å². The van der Waals surface area contributed by atoms with Crippen molar-refractivity contribution < 1.29 is 4.42 Å². The summed E-state index contributed by atoms with van der Waals surface area (Å²) >= 11 is 0. The Labute approximate surface area is 356 Å². The number of aliphatic imine (C=N–C) groups is 2. The Morgan fingerprint density at radius 1 is 0.468 bits per heavy atom. The van der Waals surface area contributed by atoms with Gasteiger partial charge in [0.05, 0.1) is 16.6 Å². The first-order chi connectivity index (χ1) is 30.7. The minimum atomic E-state index is -0.381. The Hall–Kier alpha value is -8.28. The molecule has 3 heterocycles. The minimum absolute atomic E-state index is 0.381. The maximum Gasteiger partial charge on any atom is 0.163 e. The molecule has 62 heavy (non-hydrogen) atoms. The van der Waals surface area contributed by atoms with Crippen LogP contribution in [0.5, 0.6) is 0 Å². The van der Waals surface area contributed by atoms with Gasteiger partial charge in [0.15, 0.2) is 5.84 Å². The van der Waals surface area contributed by atoms with E-state index in [9.17, 15) is 0 Å². The molecule has 0 saturated heterocycles. The molecule has 290 valence electrons. The molecular weight excluding hydrogens is 757 g/mol. The molecule has 1 unspecified atom stereocenters. The molecule has 0 amide bonds. The molecule has 0 aliphatic carbocycles. The Kier molecular flexibility index (Phi) is 7.60. The van der Waals surface area contributed by atoms with Crippen LogP contribution in [0.4, 0.5) is 0 Å². The quantitative estimate of drug-likeness (QED) is 0.189. The summed E-state index contributed by atoms with van der Waals surface area (Å²) in [7, 11) is 0. The predicted molar refractivity (Wildman–Crippen MR) is 258 cm³/mol. The fourth-order valence-electron chi connectivity index (χ4n) is 9.70. The summed E-state index contributed by atoms with van der Waals surface area (Å²) in [4.78, 5) is 10.7. The number of benzene rings is 10. The summed E-state index contributed by atoms with van der Waals surface area (Å²) in [5.41, 5.74) is 10.3. The summed E-state index contributed by atoms with van der Waals surface area (Å²) < 4.78 is 9.43. The van der Waals surface area contributed by atoms with Crippen molar-refractivity contribution in [3.8, 4) is 16.8 Å². The van der Waals surface area contributed by atoms with E-state index in [1.165, 1.54) is 48.9 Å². The van der Waals surface area contributed by atoms with Gasteiger partial charge in [0.1, 0.15) is 23.2 Å². The van der Waals surface area contributed by atoms with Crippen LogP contribution in [0.3, 0.4) is 0 Å². The second-order valence-electron chi connectivity index (χ2n) is 16.1. The first kappa shape index (κ1) is 34.6. The molecule has 2 aromatic heterocycles. The Morgan fingerprint density at radius 3 is 1.90 bits per heavy atom. The average molecular weight is 793 g/mol. The molecule has 5 heteroatoms. The van der Waals surface area contributed by atoms with E-state index in [0.717, 1.165) is 66.5 Å². The number of amidine groups is 2. The van der Waals surface area contributed by atoms with Crippen LogP contribution in [0.2, 0.25) is 0 Å². The van der Waals surface area contributed by atoms with E-state index in [4.69, 9.17) is 14.4 Å². The average Bonchev–Trinajstić information content (AvgIpc) is 3.89. The number of hydrogen-bond acceptors (Lipinski definition) is 4. The summed E-state index contributed by atoms with van der Waals surface area (Å²) in [5, 5.41) is 15.3. The van der Waals surface area contributed by atoms with Crippen molar-refractivity contribution >= 4 is 87.7 Å². The molecule has 0 fully saturated rings. The molecule has 1 N–H and O–H groups in total. The van der Waals surface area contributed by atoms with Crippen LogP contribution in [0, 0.1) is 0 Å². The fourth-order valence-corrected chi connectivity index (χ4v) is 9.70. The second-order valence-corrected chi connectivity index (χ2v) is 16.1. The summed E-state index contributed by atoms with van der Waals surface area (Å²) in [6, 6.07) is 73.3. The Balaban J connectivity index is 1.04. The third kappa shape index (κ3) is 5.35. The lowest BCUT2D eigenvalue weighted by atomic mass is 9.98. The van der Waals surface area contributed by atoms with Gasteiger partial charge in [-0.1, -0.05) is 176 Å². The first-order valence-electron chi connectivity index (χ1n) is 21.1. The molecule has 1 aliphatic heterocycles. The standard InChI is InChI=1S/C57H36N4O/c1-3-13-35(14-4-1)36-23-25-40(26-24-36)56-58-55(39-17-5-2-6-18-39)59-57(60-56)52-44-21-11-9-19-41(44)33-48-47-34-42(29-32-50(47)62-54(48)52)61-49-31-28-37-15-7-10-20-43(37)51(49)46-30-27-38-16-8-12-22-45(38)53(46)61/h1-34,56H,(H,58,59,60). The van der Waals surface area contributed by atoms with E-state index >= 15 is 0 Å². The van der Waals surface area contributed by atoms with Crippen LogP contribution in [-0.2, 0) is 0 Å². The van der Waals surface area contributed by atoms with Gasteiger partial charge in [-0.3, -0.25) is 0 Å². The van der Waals surface area contributed by atoms with Crippen molar-refractivity contribution in [2.45, 2.75) is 6.17 Å². The maximum absolute atomic E-state index is 6.99. The molecule has 12 aromatic rings. The van der Waals surface area contributed by atoms with Crippen LogP contribution >= 0.6 is 0 Å². The van der Waals surface area contributed by atoms with Crippen molar-refractivity contribution in [2.24, 2.45) is 9.98 Å². The number of aromatic nitrogens is 1. The number of hydrogen-bond donors (Lipinski definition) is 1. The second kappa shape index (κ2) is 13.6. The maximum atomic E-state index is 6.99. The van der Waals surface area contributed by atoms with E-state index in [-0.39, 0.29) is 6.17 Å². The van der Waals surface area contributed by atoms with Gasteiger partial charge >= 0.3 is 0 Å². The van der Waals surface area contributed by atoms with Crippen LogP contribution in [0.15, 0.2) is 221 Å². The highest BCUT2D eigenvalue weighted by Gasteiger charge is 2.26. The van der Waals surface area contributed by atoms with Crippen LogP contribution < -0.4 is 5.32 Å².